The lowest BCUT2D eigenvalue weighted by Crippen LogP contribution is -2.31. The first-order chi connectivity index (χ1) is 23.2. The SMILES string of the molecule is C=C/C=c1/cccc/c1=C(/C)N(c1ccccc1)c1ccc(-c2ccc(N(c3ccccc3)c3cccc4ccccc34)cc2)cc1. The molecule has 0 amide bonds. The van der Waals surface area contributed by atoms with Gasteiger partial charge in [-0.1, -0.05) is 140 Å². The minimum atomic E-state index is 1.11. The summed E-state index contributed by atoms with van der Waals surface area (Å²) < 4.78 is 0. The molecule has 7 rings (SSSR count). The van der Waals surface area contributed by atoms with Crippen LogP contribution in [0, 0.1) is 0 Å². The average Bonchev–Trinajstić information content (AvgIpc) is 3.14. The highest BCUT2D eigenvalue weighted by Gasteiger charge is 2.16. The predicted molar refractivity (Wildman–Crippen MR) is 202 cm³/mol. The van der Waals surface area contributed by atoms with Crippen molar-refractivity contribution >= 4 is 51.0 Å². The van der Waals surface area contributed by atoms with Gasteiger partial charge in [0.1, 0.15) is 0 Å². The van der Waals surface area contributed by atoms with Crippen LogP contribution in [-0.2, 0) is 0 Å². The summed E-state index contributed by atoms with van der Waals surface area (Å²) in [6.45, 7) is 6.12. The van der Waals surface area contributed by atoms with Crippen molar-refractivity contribution in [1.29, 1.82) is 0 Å². The molecular weight excluding hydrogens is 569 g/mol. The summed E-state index contributed by atoms with van der Waals surface area (Å²) in [5, 5.41) is 4.76. The van der Waals surface area contributed by atoms with Crippen molar-refractivity contribution in [2.45, 2.75) is 6.92 Å². The van der Waals surface area contributed by atoms with E-state index in [1.807, 2.05) is 6.08 Å². The zero-order valence-corrected chi connectivity index (χ0v) is 26.5. The fourth-order valence-electron chi connectivity index (χ4n) is 6.35. The molecule has 0 heterocycles. The van der Waals surface area contributed by atoms with E-state index in [-0.39, 0.29) is 0 Å². The first kappa shape index (κ1) is 29.6. The number of rotatable bonds is 8. The van der Waals surface area contributed by atoms with Crippen LogP contribution in [0.25, 0.3) is 33.7 Å². The standard InChI is InChI=1S/C45H36N2/c1-3-15-37-16-10-12-23-43(37)34(2)46(39-19-6-4-7-20-39)41-30-26-35(27-31-41)36-28-32-42(33-29-36)47(40-21-8-5-9-22-40)45-25-14-18-38-17-11-13-24-44(38)45/h3-33H,1H2,2H3/b37-15-,43-34+. The molecule has 0 spiro atoms. The number of benzene rings is 7. The van der Waals surface area contributed by atoms with Crippen molar-refractivity contribution in [3.05, 3.63) is 199 Å². The van der Waals surface area contributed by atoms with Crippen molar-refractivity contribution in [1.82, 2.24) is 0 Å². The van der Waals surface area contributed by atoms with E-state index < -0.39 is 0 Å². The third-order valence-electron chi connectivity index (χ3n) is 8.60. The van der Waals surface area contributed by atoms with Crippen LogP contribution in [0.3, 0.4) is 0 Å². The average molecular weight is 605 g/mol. The molecule has 0 N–H and O–H groups in total. The number of para-hydroxylation sites is 2. The third-order valence-corrected chi connectivity index (χ3v) is 8.60. The lowest BCUT2D eigenvalue weighted by Gasteiger charge is -2.27. The summed E-state index contributed by atoms with van der Waals surface area (Å²) in [6.07, 6.45) is 3.91. The number of fused-ring (bicyclic) bond motifs is 1. The number of nitrogens with zero attached hydrogens (tertiary/aromatic N) is 2. The summed E-state index contributed by atoms with van der Waals surface area (Å²) >= 11 is 0. The van der Waals surface area contributed by atoms with Gasteiger partial charge >= 0.3 is 0 Å². The van der Waals surface area contributed by atoms with Gasteiger partial charge in [0.25, 0.3) is 0 Å². The van der Waals surface area contributed by atoms with E-state index in [0.29, 0.717) is 0 Å². The monoisotopic (exact) mass is 604 g/mol. The van der Waals surface area contributed by atoms with Crippen LogP contribution in [0.5, 0.6) is 0 Å². The molecule has 0 saturated carbocycles. The van der Waals surface area contributed by atoms with Crippen LogP contribution in [0.15, 0.2) is 189 Å². The van der Waals surface area contributed by atoms with E-state index in [1.165, 1.54) is 27.1 Å². The molecule has 226 valence electrons. The fraction of sp³-hybridized carbons (Fsp3) is 0.0222. The van der Waals surface area contributed by atoms with Gasteiger partial charge in [-0.2, -0.15) is 0 Å². The Balaban J connectivity index is 1.26. The Morgan fingerprint density at radius 3 is 1.68 bits per heavy atom. The quantitative estimate of drug-likeness (QED) is 0.170. The molecule has 7 aromatic rings. The van der Waals surface area contributed by atoms with Crippen LogP contribution in [-0.4, -0.2) is 0 Å². The van der Waals surface area contributed by atoms with Crippen molar-refractivity contribution in [3.63, 3.8) is 0 Å². The maximum absolute atomic E-state index is 3.93. The van der Waals surface area contributed by atoms with Crippen LogP contribution in [0.1, 0.15) is 6.92 Å². The summed E-state index contributed by atoms with van der Waals surface area (Å²) in [4.78, 5) is 4.66. The van der Waals surface area contributed by atoms with Gasteiger partial charge < -0.3 is 9.80 Å². The van der Waals surface area contributed by atoms with Crippen LogP contribution in [0.2, 0.25) is 0 Å². The first-order valence-electron chi connectivity index (χ1n) is 16.0. The lowest BCUT2D eigenvalue weighted by atomic mass is 10.0. The number of hydrogen-bond donors (Lipinski definition) is 0. The topological polar surface area (TPSA) is 6.48 Å². The molecule has 0 fully saturated rings. The van der Waals surface area contributed by atoms with E-state index in [9.17, 15) is 0 Å². The molecule has 2 heteroatoms. The molecule has 0 radical (unpaired) electrons. The van der Waals surface area contributed by atoms with E-state index in [1.54, 1.807) is 0 Å². The van der Waals surface area contributed by atoms with Crippen LogP contribution >= 0.6 is 0 Å². The molecular formula is C45H36N2. The summed E-state index contributed by atoms with van der Waals surface area (Å²) in [7, 11) is 0. The van der Waals surface area contributed by atoms with E-state index in [2.05, 4.69) is 205 Å². The number of hydrogen-bond acceptors (Lipinski definition) is 2. The fourth-order valence-corrected chi connectivity index (χ4v) is 6.35. The Hall–Kier alpha value is -6.12. The minimum Gasteiger partial charge on any atom is -0.314 e. The first-order valence-corrected chi connectivity index (χ1v) is 16.0. The maximum atomic E-state index is 3.93. The summed E-state index contributed by atoms with van der Waals surface area (Å²) in [5.41, 5.74) is 9.11. The van der Waals surface area contributed by atoms with Crippen molar-refractivity contribution < 1.29 is 0 Å². The van der Waals surface area contributed by atoms with Gasteiger partial charge in [-0.15, -0.1) is 0 Å². The van der Waals surface area contributed by atoms with Gasteiger partial charge in [0, 0.05) is 39.1 Å². The minimum absolute atomic E-state index is 1.11. The molecule has 2 nitrogen and oxygen atoms in total. The molecule has 0 bridgehead atoms. The van der Waals surface area contributed by atoms with Gasteiger partial charge in [-0.3, -0.25) is 0 Å². The Kier molecular flexibility index (Phi) is 8.48. The molecule has 0 atom stereocenters. The van der Waals surface area contributed by atoms with Gasteiger partial charge in [0.15, 0.2) is 0 Å². The van der Waals surface area contributed by atoms with Gasteiger partial charge in [-0.25, -0.2) is 0 Å². The molecule has 0 unspecified atom stereocenters. The molecule has 0 aliphatic carbocycles. The van der Waals surface area contributed by atoms with Gasteiger partial charge in [-0.05, 0) is 83.3 Å². The second-order valence-electron chi connectivity index (χ2n) is 11.5. The lowest BCUT2D eigenvalue weighted by molar-refractivity contribution is 1.25. The highest BCUT2D eigenvalue weighted by atomic mass is 15.1. The van der Waals surface area contributed by atoms with Crippen LogP contribution in [0.4, 0.5) is 28.4 Å². The molecule has 47 heavy (non-hydrogen) atoms. The Bertz CT molecular complexity index is 2250. The van der Waals surface area contributed by atoms with E-state index >= 15 is 0 Å². The summed E-state index contributed by atoms with van der Waals surface area (Å²) in [6, 6.07) is 62.4. The smallest absolute Gasteiger partial charge is 0.0540 e. The maximum Gasteiger partial charge on any atom is 0.0540 e. The second-order valence-corrected chi connectivity index (χ2v) is 11.5. The molecule has 0 aliphatic rings. The van der Waals surface area contributed by atoms with Crippen LogP contribution < -0.4 is 20.2 Å². The zero-order valence-electron chi connectivity index (χ0n) is 26.5. The van der Waals surface area contributed by atoms with E-state index in [4.69, 9.17) is 0 Å². The summed E-state index contributed by atoms with van der Waals surface area (Å²) in [5.74, 6) is 0. The van der Waals surface area contributed by atoms with Crippen molar-refractivity contribution in [2.24, 2.45) is 0 Å². The predicted octanol–water partition coefficient (Wildman–Crippen LogP) is 10.9. The Morgan fingerprint density at radius 1 is 0.489 bits per heavy atom. The Morgan fingerprint density at radius 2 is 1.00 bits per heavy atom. The highest BCUT2D eigenvalue weighted by molar-refractivity contribution is 5.99. The van der Waals surface area contributed by atoms with Gasteiger partial charge in [0.2, 0.25) is 0 Å². The number of anilines is 5. The van der Waals surface area contributed by atoms with Crippen molar-refractivity contribution in [3.8, 4) is 11.1 Å². The second kappa shape index (κ2) is 13.5. The zero-order chi connectivity index (χ0) is 32.0. The molecule has 0 aliphatic heterocycles. The third kappa shape index (κ3) is 6.10. The van der Waals surface area contributed by atoms with Crippen molar-refractivity contribution in [2.75, 3.05) is 9.80 Å². The number of allylic oxidation sites excluding steroid dienone is 1. The Labute approximate surface area is 277 Å². The molecule has 0 saturated heterocycles. The van der Waals surface area contributed by atoms with Gasteiger partial charge in [0.05, 0.1) is 5.69 Å². The molecule has 7 aromatic carbocycles. The largest absolute Gasteiger partial charge is 0.314 e. The normalized spacial score (nSPS) is 12.1. The highest BCUT2D eigenvalue weighted by Crippen LogP contribution is 2.39. The van der Waals surface area contributed by atoms with E-state index in [0.717, 1.165) is 39.4 Å². The molecule has 0 aromatic heterocycles.